The van der Waals surface area contributed by atoms with Crippen molar-refractivity contribution in [3.63, 3.8) is 0 Å². The Labute approximate surface area is 191 Å². The van der Waals surface area contributed by atoms with Gasteiger partial charge in [-0.1, -0.05) is 44.2 Å². The van der Waals surface area contributed by atoms with Crippen molar-refractivity contribution in [3.05, 3.63) is 37.8 Å². The Morgan fingerprint density at radius 2 is 1.78 bits per heavy atom. The lowest BCUT2D eigenvalue weighted by molar-refractivity contribution is 0.312. The van der Waals surface area contributed by atoms with Crippen LogP contribution in [-0.4, -0.2) is 29.2 Å². The van der Waals surface area contributed by atoms with Crippen LogP contribution in [0.5, 0.6) is 0 Å². The van der Waals surface area contributed by atoms with Gasteiger partial charge < -0.3 is 9.51 Å². The largest absolute Gasteiger partial charge is 0.339 e. The summed E-state index contributed by atoms with van der Waals surface area (Å²) in [6.45, 7) is 2.94. The molecule has 1 aliphatic carbocycles. The number of hydrogen-bond acceptors (Lipinski definition) is 6. The van der Waals surface area contributed by atoms with Crippen LogP contribution >= 0.6 is 11.6 Å². The van der Waals surface area contributed by atoms with E-state index >= 15 is 0 Å². The molecule has 1 N–H and O–H groups in total. The topological polar surface area (TPSA) is 112 Å². The van der Waals surface area contributed by atoms with Crippen LogP contribution in [0.1, 0.15) is 88.8 Å². The second-order valence-electron chi connectivity index (χ2n) is 8.67. The van der Waals surface area contributed by atoms with Crippen molar-refractivity contribution in [1.29, 1.82) is 0 Å². The molecule has 3 aromatic rings. The molecule has 1 aliphatic rings. The van der Waals surface area contributed by atoms with Crippen LogP contribution in [-0.2, 0) is 19.5 Å². The zero-order chi connectivity index (χ0) is 22.5. The molecule has 4 rings (SSSR count). The molecule has 10 heteroatoms. The van der Waals surface area contributed by atoms with Gasteiger partial charge in [-0.2, -0.15) is 9.97 Å². The first-order valence-corrected chi connectivity index (χ1v) is 12.2. The fourth-order valence-electron chi connectivity index (χ4n) is 4.49. The summed E-state index contributed by atoms with van der Waals surface area (Å²) in [6, 6.07) is 0. The number of halogens is 1. The summed E-state index contributed by atoms with van der Waals surface area (Å²) in [5.41, 5.74) is -0.100. The molecule has 0 amide bonds. The van der Waals surface area contributed by atoms with E-state index in [1.165, 1.54) is 23.8 Å². The second-order valence-corrected chi connectivity index (χ2v) is 9.02. The summed E-state index contributed by atoms with van der Waals surface area (Å²) in [6.07, 6.45) is 10.9. The van der Waals surface area contributed by atoms with Crippen molar-refractivity contribution in [3.8, 4) is 0 Å². The number of nitrogens with one attached hydrogen (secondary N) is 1. The van der Waals surface area contributed by atoms with E-state index in [1.54, 1.807) is 4.57 Å². The molecule has 1 saturated carbocycles. The number of imidazole rings is 1. The minimum atomic E-state index is -0.379. The van der Waals surface area contributed by atoms with E-state index in [4.69, 9.17) is 16.1 Å². The maximum Gasteiger partial charge on any atom is 0.332 e. The quantitative estimate of drug-likeness (QED) is 0.357. The molecular formula is C22H31ClN6O3. The van der Waals surface area contributed by atoms with Gasteiger partial charge >= 0.3 is 5.69 Å². The highest BCUT2D eigenvalue weighted by atomic mass is 35.5. The maximum atomic E-state index is 13.0. The van der Waals surface area contributed by atoms with Crippen molar-refractivity contribution in [1.82, 2.24) is 29.2 Å². The Morgan fingerprint density at radius 1 is 1.03 bits per heavy atom. The van der Waals surface area contributed by atoms with Crippen molar-refractivity contribution in [2.24, 2.45) is 0 Å². The standard InChI is InChI=1S/C22H31ClN6O3/c1-2-3-8-13-28-18-17(25-21(23)26-18)20(30)29(22(28)31)14-9-7-12-16-24-19(32-27-16)15-10-5-4-6-11-15/h15H,2-14H2,1H3,(H,25,26). The van der Waals surface area contributed by atoms with Crippen LogP contribution in [0, 0.1) is 0 Å². The highest BCUT2D eigenvalue weighted by Gasteiger charge is 2.21. The van der Waals surface area contributed by atoms with Gasteiger partial charge in [-0.15, -0.1) is 0 Å². The van der Waals surface area contributed by atoms with Crippen molar-refractivity contribution < 1.29 is 4.52 Å². The molecule has 3 aromatic heterocycles. The third-order valence-corrected chi connectivity index (χ3v) is 6.47. The molecule has 9 nitrogen and oxygen atoms in total. The first-order valence-electron chi connectivity index (χ1n) is 11.8. The van der Waals surface area contributed by atoms with E-state index in [2.05, 4.69) is 27.0 Å². The van der Waals surface area contributed by atoms with Crippen LogP contribution in [0.25, 0.3) is 11.2 Å². The van der Waals surface area contributed by atoms with Crippen molar-refractivity contribution in [2.75, 3.05) is 0 Å². The molecule has 0 saturated heterocycles. The first kappa shape index (κ1) is 22.8. The zero-order valence-electron chi connectivity index (χ0n) is 18.6. The summed E-state index contributed by atoms with van der Waals surface area (Å²) in [7, 11) is 0. The lowest BCUT2D eigenvalue weighted by Crippen LogP contribution is -2.40. The summed E-state index contributed by atoms with van der Waals surface area (Å²) < 4.78 is 8.32. The van der Waals surface area contributed by atoms with Crippen molar-refractivity contribution in [2.45, 2.75) is 96.6 Å². The highest BCUT2D eigenvalue weighted by molar-refractivity contribution is 6.28. The van der Waals surface area contributed by atoms with Gasteiger partial charge in [0.25, 0.3) is 5.56 Å². The van der Waals surface area contributed by atoms with E-state index in [9.17, 15) is 9.59 Å². The van der Waals surface area contributed by atoms with Gasteiger partial charge in [-0.3, -0.25) is 13.9 Å². The lowest BCUT2D eigenvalue weighted by Gasteiger charge is -2.17. The molecule has 1 fully saturated rings. The zero-order valence-corrected chi connectivity index (χ0v) is 19.4. The molecule has 3 heterocycles. The molecule has 0 atom stereocenters. The molecule has 0 aromatic carbocycles. The molecule has 32 heavy (non-hydrogen) atoms. The van der Waals surface area contributed by atoms with Gasteiger partial charge in [0, 0.05) is 25.4 Å². The smallest absolute Gasteiger partial charge is 0.332 e. The van der Waals surface area contributed by atoms with Crippen LogP contribution in [0.15, 0.2) is 14.1 Å². The number of aromatic amines is 1. The molecule has 174 valence electrons. The monoisotopic (exact) mass is 462 g/mol. The highest BCUT2D eigenvalue weighted by Crippen LogP contribution is 2.31. The normalized spacial score (nSPS) is 15.1. The third kappa shape index (κ3) is 4.98. The van der Waals surface area contributed by atoms with Gasteiger partial charge in [0.1, 0.15) is 0 Å². The van der Waals surface area contributed by atoms with Gasteiger partial charge in [0.15, 0.2) is 17.0 Å². The van der Waals surface area contributed by atoms with E-state index < -0.39 is 0 Å². The Bertz CT molecular complexity index is 1150. The lowest BCUT2D eigenvalue weighted by atomic mass is 9.89. The number of nitrogens with zero attached hydrogens (tertiary/aromatic N) is 5. The fourth-order valence-corrected chi connectivity index (χ4v) is 4.67. The predicted molar refractivity (Wildman–Crippen MR) is 122 cm³/mol. The van der Waals surface area contributed by atoms with Gasteiger partial charge in [-0.25, -0.2) is 4.79 Å². The predicted octanol–water partition coefficient (Wildman–Crippen LogP) is 4.18. The Hall–Kier alpha value is -2.42. The van der Waals surface area contributed by atoms with E-state index in [0.29, 0.717) is 43.3 Å². The average molecular weight is 463 g/mol. The van der Waals surface area contributed by atoms with Gasteiger partial charge in [0.05, 0.1) is 0 Å². The average Bonchev–Trinajstić information content (AvgIpc) is 3.43. The van der Waals surface area contributed by atoms with Crippen LogP contribution in [0.3, 0.4) is 0 Å². The molecule has 0 radical (unpaired) electrons. The number of aromatic nitrogens is 6. The molecule has 0 bridgehead atoms. The van der Waals surface area contributed by atoms with E-state index in [0.717, 1.165) is 44.4 Å². The fraction of sp³-hybridized carbons (Fsp3) is 0.682. The van der Waals surface area contributed by atoms with Crippen LogP contribution in [0.4, 0.5) is 0 Å². The molecular weight excluding hydrogens is 432 g/mol. The van der Waals surface area contributed by atoms with E-state index in [1.807, 2.05) is 0 Å². The number of unbranched alkanes of at least 4 members (excludes halogenated alkanes) is 3. The third-order valence-electron chi connectivity index (χ3n) is 6.29. The summed E-state index contributed by atoms with van der Waals surface area (Å²) in [5, 5.41) is 4.24. The number of hydrogen-bond donors (Lipinski definition) is 1. The van der Waals surface area contributed by atoms with Gasteiger partial charge in [-0.05, 0) is 43.7 Å². The summed E-state index contributed by atoms with van der Waals surface area (Å²) in [4.78, 5) is 37.4. The van der Waals surface area contributed by atoms with Gasteiger partial charge in [0.2, 0.25) is 11.2 Å². The summed E-state index contributed by atoms with van der Waals surface area (Å²) in [5.74, 6) is 1.85. The number of fused-ring (bicyclic) bond motifs is 1. The SMILES string of the molecule is CCCCCn1c(=O)n(CCCCc2noc(C3CCCCC3)n2)c(=O)c2[nH]c(Cl)nc21. The second kappa shape index (κ2) is 10.5. The number of H-pyrrole nitrogens is 1. The van der Waals surface area contributed by atoms with Crippen molar-refractivity contribution >= 4 is 22.8 Å². The molecule has 0 aliphatic heterocycles. The minimum Gasteiger partial charge on any atom is -0.339 e. The molecule has 0 unspecified atom stereocenters. The Morgan fingerprint density at radius 3 is 2.56 bits per heavy atom. The van der Waals surface area contributed by atoms with Crippen LogP contribution < -0.4 is 11.2 Å². The van der Waals surface area contributed by atoms with Crippen LogP contribution in [0.2, 0.25) is 5.28 Å². The van der Waals surface area contributed by atoms with E-state index in [-0.39, 0.29) is 22.0 Å². The summed E-state index contributed by atoms with van der Waals surface area (Å²) >= 11 is 5.99. The molecule has 0 spiro atoms. The first-order chi connectivity index (χ1) is 15.6. The Kier molecular flexibility index (Phi) is 7.44. The number of rotatable bonds is 10. The number of aryl methyl sites for hydroxylation is 2. The maximum absolute atomic E-state index is 13.0. The minimum absolute atomic E-state index is 0.115. The Balaban J connectivity index is 1.42.